The van der Waals surface area contributed by atoms with Gasteiger partial charge in [0.25, 0.3) is 10.0 Å². The van der Waals surface area contributed by atoms with Gasteiger partial charge in [0.15, 0.2) is 0 Å². The van der Waals surface area contributed by atoms with E-state index in [0.717, 1.165) is 15.4 Å². The molecule has 0 heterocycles. The number of sulfonamides is 1. The van der Waals surface area contributed by atoms with E-state index in [2.05, 4.69) is 5.32 Å². The Labute approximate surface area is 228 Å². The van der Waals surface area contributed by atoms with Crippen LogP contribution in [0.3, 0.4) is 0 Å². The van der Waals surface area contributed by atoms with Gasteiger partial charge in [-0.25, -0.2) is 8.42 Å². The van der Waals surface area contributed by atoms with Crippen LogP contribution in [0.2, 0.25) is 10.0 Å². The number of hydrogen-bond donors (Lipinski definition) is 1. The topological polar surface area (TPSA) is 86.8 Å². The van der Waals surface area contributed by atoms with Crippen molar-refractivity contribution in [3.63, 3.8) is 0 Å². The van der Waals surface area contributed by atoms with Gasteiger partial charge in [-0.3, -0.25) is 13.9 Å². The molecule has 1 atom stereocenters. The first-order chi connectivity index (χ1) is 17.6. The number of hydrogen-bond acceptors (Lipinski definition) is 4. The molecule has 3 rings (SSSR count). The summed E-state index contributed by atoms with van der Waals surface area (Å²) in [7, 11) is -2.72. The maximum Gasteiger partial charge on any atom is 0.264 e. The number of likely N-dealkylation sites (N-methyl/N-ethyl adjacent to an activating group) is 1. The molecule has 0 aliphatic heterocycles. The highest BCUT2D eigenvalue weighted by Gasteiger charge is 2.34. The van der Waals surface area contributed by atoms with Crippen LogP contribution >= 0.6 is 23.2 Å². The van der Waals surface area contributed by atoms with E-state index in [9.17, 15) is 18.0 Å². The lowest BCUT2D eigenvalue weighted by Crippen LogP contribution is -2.51. The lowest BCUT2D eigenvalue weighted by molar-refractivity contribution is -0.140. The molecule has 3 aromatic rings. The molecule has 0 radical (unpaired) electrons. The summed E-state index contributed by atoms with van der Waals surface area (Å²) in [6, 6.07) is 19.1. The summed E-state index contributed by atoms with van der Waals surface area (Å²) in [5.41, 5.74) is 1.85. The van der Waals surface area contributed by atoms with Crippen molar-refractivity contribution in [3.8, 4) is 0 Å². The second-order valence-electron chi connectivity index (χ2n) is 8.38. The van der Waals surface area contributed by atoms with E-state index in [1.54, 1.807) is 31.2 Å². The minimum Gasteiger partial charge on any atom is -0.357 e. The highest BCUT2D eigenvalue weighted by molar-refractivity contribution is 7.92. The Bertz CT molecular complexity index is 1370. The fourth-order valence-electron chi connectivity index (χ4n) is 3.98. The van der Waals surface area contributed by atoms with Gasteiger partial charge < -0.3 is 10.2 Å². The maximum absolute atomic E-state index is 13.9. The van der Waals surface area contributed by atoms with Crippen LogP contribution in [0.5, 0.6) is 0 Å². The lowest BCUT2D eigenvalue weighted by atomic mass is 10.1. The van der Waals surface area contributed by atoms with E-state index in [1.165, 1.54) is 36.2 Å². The van der Waals surface area contributed by atoms with E-state index in [0.29, 0.717) is 6.42 Å². The van der Waals surface area contributed by atoms with E-state index in [4.69, 9.17) is 23.2 Å². The van der Waals surface area contributed by atoms with Crippen molar-refractivity contribution in [2.75, 3.05) is 17.9 Å². The third-order valence-corrected chi connectivity index (χ3v) is 8.63. The van der Waals surface area contributed by atoms with Gasteiger partial charge >= 0.3 is 0 Å². The van der Waals surface area contributed by atoms with E-state index < -0.39 is 28.5 Å². The Morgan fingerprint density at radius 1 is 0.946 bits per heavy atom. The second-order valence-corrected chi connectivity index (χ2v) is 11.0. The molecule has 3 aromatic carbocycles. The quantitative estimate of drug-likeness (QED) is 0.375. The normalized spacial score (nSPS) is 12.0. The SMILES string of the molecule is CC[C@H](C(=O)NC)N(Cc1ccccc1C)C(=O)CN(c1cccc(Cl)c1Cl)S(=O)(=O)c1ccccc1. The molecule has 0 aliphatic rings. The minimum absolute atomic E-state index is 0.000249. The van der Waals surface area contributed by atoms with E-state index in [-0.39, 0.29) is 33.1 Å². The van der Waals surface area contributed by atoms with Gasteiger partial charge in [0.2, 0.25) is 11.8 Å². The number of nitrogens with one attached hydrogen (secondary N) is 1. The van der Waals surface area contributed by atoms with E-state index in [1.807, 2.05) is 31.2 Å². The van der Waals surface area contributed by atoms with Crippen LogP contribution in [-0.2, 0) is 26.2 Å². The number of rotatable bonds is 10. The van der Waals surface area contributed by atoms with Gasteiger partial charge in [-0.15, -0.1) is 0 Å². The van der Waals surface area contributed by atoms with E-state index >= 15 is 0 Å². The van der Waals surface area contributed by atoms with Crippen molar-refractivity contribution in [2.45, 2.75) is 37.8 Å². The first kappa shape index (κ1) is 28.5. The van der Waals surface area contributed by atoms with Gasteiger partial charge in [0, 0.05) is 13.6 Å². The molecule has 1 N–H and O–H groups in total. The van der Waals surface area contributed by atoms with Gasteiger partial charge in [-0.05, 0) is 48.7 Å². The highest BCUT2D eigenvalue weighted by Crippen LogP contribution is 2.35. The average molecular weight is 563 g/mol. The molecular weight excluding hydrogens is 533 g/mol. The molecule has 0 fully saturated rings. The molecular formula is C27H29Cl2N3O4S. The molecule has 2 amide bonds. The van der Waals surface area contributed by atoms with Crippen molar-refractivity contribution in [1.29, 1.82) is 0 Å². The first-order valence-corrected chi connectivity index (χ1v) is 13.9. The Kier molecular flexibility index (Phi) is 9.59. The number of carbonyl (C=O) groups excluding carboxylic acids is 2. The summed E-state index contributed by atoms with van der Waals surface area (Å²) in [5.74, 6) is -0.906. The molecule has 0 saturated carbocycles. The summed E-state index contributed by atoms with van der Waals surface area (Å²) in [6.45, 7) is 3.25. The average Bonchev–Trinajstić information content (AvgIpc) is 2.90. The molecule has 10 heteroatoms. The third kappa shape index (κ3) is 6.44. The van der Waals surface area contributed by atoms with Gasteiger partial charge in [0.1, 0.15) is 12.6 Å². The number of aryl methyl sites for hydroxylation is 1. The Morgan fingerprint density at radius 3 is 2.22 bits per heavy atom. The van der Waals surface area contributed by atoms with Crippen LogP contribution in [0.25, 0.3) is 0 Å². The van der Waals surface area contributed by atoms with Crippen LogP contribution in [0.1, 0.15) is 24.5 Å². The number of anilines is 1. The molecule has 0 unspecified atom stereocenters. The lowest BCUT2D eigenvalue weighted by Gasteiger charge is -2.33. The zero-order valence-electron chi connectivity index (χ0n) is 20.8. The molecule has 0 aliphatic carbocycles. The highest BCUT2D eigenvalue weighted by atomic mass is 35.5. The van der Waals surface area contributed by atoms with Crippen molar-refractivity contribution in [2.24, 2.45) is 0 Å². The Hall–Kier alpha value is -3.07. The van der Waals surface area contributed by atoms with Crippen LogP contribution in [0, 0.1) is 6.92 Å². The van der Waals surface area contributed by atoms with Gasteiger partial charge in [-0.1, -0.05) is 78.7 Å². The van der Waals surface area contributed by atoms with Crippen molar-refractivity contribution < 1.29 is 18.0 Å². The van der Waals surface area contributed by atoms with Crippen LogP contribution in [0.4, 0.5) is 5.69 Å². The van der Waals surface area contributed by atoms with Gasteiger partial charge in [0.05, 0.1) is 20.6 Å². The summed E-state index contributed by atoms with van der Waals surface area (Å²) >= 11 is 12.6. The maximum atomic E-state index is 13.9. The van der Waals surface area contributed by atoms with Crippen LogP contribution in [0.15, 0.2) is 77.7 Å². The smallest absolute Gasteiger partial charge is 0.264 e. The van der Waals surface area contributed by atoms with Crippen molar-refractivity contribution in [1.82, 2.24) is 10.2 Å². The summed E-state index contributed by atoms with van der Waals surface area (Å²) < 4.78 is 28.5. The van der Waals surface area contributed by atoms with Crippen molar-refractivity contribution >= 4 is 50.7 Å². The molecule has 37 heavy (non-hydrogen) atoms. The number of carbonyl (C=O) groups is 2. The zero-order chi connectivity index (χ0) is 27.2. The molecule has 7 nitrogen and oxygen atoms in total. The number of benzene rings is 3. The van der Waals surface area contributed by atoms with Gasteiger partial charge in [-0.2, -0.15) is 0 Å². The zero-order valence-corrected chi connectivity index (χ0v) is 23.1. The first-order valence-electron chi connectivity index (χ1n) is 11.7. The van der Waals surface area contributed by atoms with Crippen LogP contribution < -0.4 is 9.62 Å². The predicted octanol–water partition coefficient (Wildman–Crippen LogP) is 5.05. The fourth-order valence-corrected chi connectivity index (χ4v) is 5.87. The van der Waals surface area contributed by atoms with Crippen molar-refractivity contribution in [3.05, 3.63) is 94.0 Å². The molecule has 0 spiro atoms. The van der Waals surface area contributed by atoms with Crippen LogP contribution in [-0.4, -0.2) is 44.8 Å². The molecule has 0 saturated heterocycles. The summed E-state index contributed by atoms with van der Waals surface area (Å²) in [5, 5.41) is 2.75. The third-order valence-electron chi connectivity index (χ3n) is 6.04. The number of amides is 2. The Balaban J connectivity index is 2.11. The largest absolute Gasteiger partial charge is 0.357 e. The second kappa shape index (κ2) is 12.4. The Morgan fingerprint density at radius 2 is 1.59 bits per heavy atom. The fraction of sp³-hybridized carbons (Fsp3) is 0.259. The number of nitrogens with zero attached hydrogens (tertiary/aromatic N) is 2. The standard InChI is InChI=1S/C27H29Cl2N3O4S/c1-4-23(27(34)30-3)31(17-20-12-9-8-11-19(20)2)25(33)18-32(24-16-10-15-22(28)26(24)29)37(35,36)21-13-6-5-7-14-21/h5-16,23H,4,17-18H2,1-3H3,(H,30,34)/t23-/m1/s1. The summed E-state index contributed by atoms with van der Waals surface area (Å²) in [6.07, 6.45) is 0.334. The molecule has 196 valence electrons. The molecule has 0 bridgehead atoms. The summed E-state index contributed by atoms with van der Waals surface area (Å²) in [4.78, 5) is 28.1. The predicted molar refractivity (Wildman–Crippen MR) is 147 cm³/mol. The monoisotopic (exact) mass is 561 g/mol. The molecule has 0 aromatic heterocycles. The number of halogens is 2. The minimum atomic E-state index is -4.22.